The van der Waals surface area contributed by atoms with Crippen molar-refractivity contribution in [2.24, 2.45) is 0 Å². The second-order valence-electron chi connectivity index (χ2n) is 3.95. The molecule has 2 aromatic rings. The van der Waals surface area contributed by atoms with Gasteiger partial charge in [-0.1, -0.05) is 5.16 Å². The van der Waals surface area contributed by atoms with Crippen molar-refractivity contribution in [2.75, 3.05) is 7.11 Å². The maximum atomic E-state index is 11.0. The van der Waals surface area contributed by atoms with Crippen molar-refractivity contribution in [3.8, 4) is 11.3 Å². The first-order valence-electron chi connectivity index (χ1n) is 5.64. The van der Waals surface area contributed by atoms with E-state index in [2.05, 4.69) is 14.9 Å². The van der Waals surface area contributed by atoms with Crippen LogP contribution in [-0.4, -0.2) is 23.2 Å². The molecule has 0 bridgehead atoms. The van der Waals surface area contributed by atoms with Crippen molar-refractivity contribution in [1.29, 1.82) is 0 Å². The van der Waals surface area contributed by atoms with Crippen molar-refractivity contribution in [2.45, 2.75) is 19.8 Å². The Bertz CT molecular complexity index is 531. The van der Waals surface area contributed by atoms with Gasteiger partial charge in [0.05, 0.1) is 19.2 Å². The highest BCUT2D eigenvalue weighted by Crippen LogP contribution is 2.20. The molecule has 0 spiro atoms. The molecule has 5 heteroatoms. The van der Waals surface area contributed by atoms with Crippen LogP contribution in [0.5, 0.6) is 0 Å². The molecule has 18 heavy (non-hydrogen) atoms. The van der Waals surface area contributed by atoms with Gasteiger partial charge in [0.25, 0.3) is 0 Å². The topological polar surface area (TPSA) is 65.2 Å². The molecule has 5 nitrogen and oxygen atoms in total. The van der Waals surface area contributed by atoms with Gasteiger partial charge in [0, 0.05) is 29.9 Å². The predicted octanol–water partition coefficient (Wildman–Crippen LogP) is 2.15. The number of aromatic nitrogens is 2. The van der Waals surface area contributed by atoms with E-state index in [0.29, 0.717) is 18.6 Å². The summed E-state index contributed by atoms with van der Waals surface area (Å²) in [6.45, 7) is 1.92. The fourth-order valence-corrected chi connectivity index (χ4v) is 1.51. The SMILES string of the molecule is COC(=O)CCc1cc(-c2ccc(C)nc2)on1. The number of hydrogen-bond acceptors (Lipinski definition) is 5. The van der Waals surface area contributed by atoms with E-state index in [1.165, 1.54) is 7.11 Å². The number of pyridine rings is 1. The summed E-state index contributed by atoms with van der Waals surface area (Å²) in [6, 6.07) is 5.65. The number of nitrogens with zero attached hydrogens (tertiary/aromatic N) is 2. The van der Waals surface area contributed by atoms with Crippen LogP contribution in [0.2, 0.25) is 0 Å². The predicted molar refractivity (Wildman–Crippen MR) is 64.8 cm³/mol. The smallest absolute Gasteiger partial charge is 0.305 e. The van der Waals surface area contributed by atoms with Crippen molar-refractivity contribution in [3.63, 3.8) is 0 Å². The summed E-state index contributed by atoms with van der Waals surface area (Å²) in [7, 11) is 1.37. The van der Waals surface area contributed by atoms with Crippen LogP contribution in [0.25, 0.3) is 11.3 Å². The molecule has 2 rings (SSSR count). The summed E-state index contributed by atoms with van der Waals surface area (Å²) in [5, 5.41) is 3.91. The Hall–Kier alpha value is -2.17. The average Bonchev–Trinajstić information content (AvgIpc) is 2.85. The largest absolute Gasteiger partial charge is 0.469 e. The van der Waals surface area contributed by atoms with Gasteiger partial charge < -0.3 is 9.26 Å². The minimum absolute atomic E-state index is 0.253. The highest BCUT2D eigenvalue weighted by molar-refractivity contribution is 5.69. The van der Waals surface area contributed by atoms with E-state index >= 15 is 0 Å². The van der Waals surface area contributed by atoms with Gasteiger partial charge in [-0.05, 0) is 19.1 Å². The first-order valence-corrected chi connectivity index (χ1v) is 5.64. The van der Waals surface area contributed by atoms with E-state index in [4.69, 9.17) is 4.52 Å². The second kappa shape index (κ2) is 5.44. The lowest BCUT2D eigenvalue weighted by molar-refractivity contribution is -0.140. The number of carbonyl (C=O) groups excluding carboxylic acids is 1. The van der Waals surface area contributed by atoms with Crippen LogP contribution >= 0.6 is 0 Å². The number of rotatable bonds is 4. The molecule has 0 amide bonds. The van der Waals surface area contributed by atoms with Crippen LogP contribution in [0.15, 0.2) is 28.9 Å². The van der Waals surface area contributed by atoms with E-state index in [1.807, 2.05) is 25.1 Å². The molecule has 0 aliphatic rings. The number of aryl methyl sites for hydroxylation is 2. The third-order valence-electron chi connectivity index (χ3n) is 2.57. The molecule has 0 N–H and O–H groups in total. The number of carbonyl (C=O) groups is 1. The average molecular weight is 246 g/mol. The van der Waals surface area contributed by atoms with Gasteiger partial charge in [0.2, 0.25) is 0 Å². The Kier molecular flexibility index (Phi) is 3.72. The van der Waals surface area contributed by atoms with E-state index < -0.39 is 0 Å². The molecule has 0 saturated carbocycles. The number of hydrogen-bond donors (Lipinski definition) is 0. The number of methoxy groups -OCH3 is 1. The Balaban J connectivity index is 2.06. The molecule has 0 saturated heterocycles. The molecule has 0 aliphatic heterocycles. The maximum Gasteiger partial charge on any atom is 0.305 e. The molecule has 2 aromatic heterocycles. The lowest BCUT2D eigenvalue weighted by atomic mass is 10.1. The maximum absolute atomic E-state index is 11.0. The summed E-state index contributed by atoms with van der Waals surface area (Å²) in [5.41, 5.74) is 2.55. The minimum Gasteiger partial charge on any atom is -0.469 e. The Morgan fingerprint density at radius 2 is 2.28 bits per heavy atom. The van der Waals surface area contributed by atoms with Gasteiger partial charge in [0.1, 0.15) is 0 Å². The monoisotopic (exact) mass is 246 g/mol. The van der Waals surface area contributed by atoms with Crippen LogP contribution < -0.4 is 0 Å². The normalized spacial score (nSPS) is 10.3. The Labute approximate surface area is 105 Å². The summed E-state index contributed by atoms with van der Waals surface area (Å²) in [6.07, 6.45) is 2.55. The van der Waals surface area contributed by atoms with E-state index in [-0.39, 0.29) is 5.97 Å². The van der Waals surface area contributed by atoms with Gasteiger partial charge in [-0.15, -0.1) is 0 Å². The van der Waals surface area contributed by atoms with Gasteiger partial charge in [-0.2, -0.15) is 0 Å². The van der Waals surface area contributed by atoms with Gasteiger partial charge in [-0.3, -0.25) is 9.78 Å². The zero-order valence-corrected chi connectivity index (χ0v) is 10.3. The molecule has 2 heterocycles. The zero-order valence-electron chi connectivity index (χ0n) is 10.3. The van der Waals surface area contributed by atoms with Crippen molar-refractivity contribution < 1.29 is 14.1 Å². The highest BCUT2D eigenvalue weighted by atomic mass is 16.5. The minimum atomic E-state index is -0.253. The molecule has 94 valence electrons. The molecule has 0 fully saturated rings. The van der Waals surface area contributed by atoms with Crippen LogP contribution in [0.4, 0.5) is 0 Å². The second-order valence-corrected chi connectivity index (χ2v) is 3.95. The number of esters is 1. The van der Waals surface area contributed by atoms with Crippen molar-refractivity contribution in [1.82, 2.24) is 10.1 Å². The van der Waals surface area contributed by atoms with Gasteiger partial charge >= 0.3 is 5.97 Å². The molecule has 0 unspecified atom stereocenters. The Morgan fingerprint density at radius 1 is 1.44 bits per heavy atom. The molecular formula is C13H14N2O3. The van der Waals surface area contributed by atoms with E-state index in [9.17, 15) is 4.79 Å². The molecular weight excluding hydrogens is 232 g/mol. The molecule has 0 aliphatic carbocycles. The van der Waals surface area contributed by atoms with Gasteiger partial charge in [-0.25, -0.2) is 0 Å². The van der Waals surface area contributed by atoms with Crippen LogP contribution in [0, 0.1) is 6.92 Å². The Morgan fingerprint density at radius 3 is 2.94 bits per heavy atom. The van der Waals surface area contributed by atoms with E-state index in [1.54, 1.807) is 6.20 Å². The fraction of sp³-hybridized carbons (Fsp3) is 0.308. The fourth-order valence-electron chi connectivity index (χ4n) is 1.51. The quantitative estimate of drug-likeness (QED) is 0.773. The lowest BCUT2D eigenvalue weighted by Gasteiger charge is -1.95. The third kappa shape index (κ3) is 2.94. The zero-order chi connectivity index (χ0) is 13.0. The summed E-state index contributed by atoms with van der Waals surface area (Å²) < 4.78 is 9.78. The van der Waals surface area contributed by atoms with Crippen LogP contribution in [-0.2, 0) is 16.0 Å². The lowest BCUT2D eigenvalue weighted by Crippen LogP contribution is -2.01. The molecule has 0 aromatic carbocycles. The summed E-state index contributed by atoms with van der Waals surface area (Å²) in [5.74, 6) is 0.402. The van der Waals surface area contributed by atoms with Gasteiger partial charge in [0.15, 0.2) is 5.76 Å². The van der Waals surface area contributed by atoms with Crippen LogP contribution in [0.3, 0.4) is 0 Å². The molecule has 0 atom stereocenters. The highest BCUT2D eigenvalue weighted by Gasteiger charge is 2.09. The van der Waals surface area contributed by atoms with Crippen LogP contribution in [0.1, 0.15) is 17.8 Å². The van der Waals surface area contributed by atoms with E-state index in [0.717, 1.165) is 17.0 Å². The third-order valence-corrected chi connectivity index (χ3v) is 2.57. The molecule has 0 radical (unpaired) electrons. The first kappa shape index (κ1) is 12.3. The summed E-state index contributed by atoms with van der Waals surface area (Å²) in [4.78, 5) is 15.2. The van der Waals surface area contributed by atoms with Crippen molar-refractivity contribution in [3.05, 3.63) is 35.8 Å². The van der Waals surface area contributed by atoms with Crippen molar-refractivity contribution >= 4 is 5.97 Å². The number of ether oxygens (including phenoxy) is 1. The summed E-state index contributed by atoms with van der Waals surface area (Å²) >= 11 is 0. The standard InChI is InChI=1S/C13H14N2O3/c1-9-3-4-10(8-14-9)12-7-11(15-18-12)5-6-13(16)17-2/h3-4,7-8H,5-6H2,1-2H3. The first-order chi connectivity index (χ1) is 8.69.